The largest absolute Gasteiger partial charge is 0.456 e. The summed E-state index contributed by atoms with van der Waals surface area (Å²) < 4.78 is 112. The van der Waals surface area contributed by atoms with Crippen molar-refractivity contribution in [3.8, 4) is 0 Å². The fourth-order valence-electron chi connectivity index (χ4n) is 1.17. The molecule has 0 amide bonds. The summed E-state index contributed by atoms with van der Waals surface area (Å²) in [6.45, 7) is 0. The highest BCUT2D eigenvalue weighted by atomic mass is 19.4. The van der Waals surface area contributed by atoms with E-state index in [1.165, 1.54) is 0 Å². The molecule has 1 aromatic heterocycles. The van der Waals surface area contributed by atoms with Crippen LogP contribution in [0.5, 0.6) is 0 Å². The van der Waals surface area contributed by atoms with E-state index >= 15 is 0 Å². The summed E-state index contributed by atoms with van der Waals surface area (Å²) in [6, 6.07) is -5.41. The van der Waals surface area contributed by atoms with Crippen LogP contribution < -0.4 is 4.57 Å². The zero-order valence-electron chi connectivity index (χ0n) is 9.03. The average molecular weight is 301 g/mol. The van der Waals surface area contributed by atoms with Crippen LogP contribution in [-0.4, -0.2) is 22.8 Å². The Hall–Kier alpha value is -1.42. The number of alkyl halides is 8. The third-order valence-electron chi connectivity index (χ3n) is 2.25. The molecule has 1 aromatic rings. The lowest BCUT2D eigenvalue weighted by molar-refractivity contribution is -0.701. The Bertz CT molecular complexity index is 461. The smallest absolute Gasteiger partial charge is 0.228 e. The maximum Gasteiger partial charge on any atom is 0.456 e. The van der Waals surface area contributed by atoms with Crippen LogP contribution in [0, 0.1) is 6.08 Å². The first-order chi connectivity index (χ1) is 8.33. The Morgan fingerprint density at radius 3 is 1.89 bits per heavy atom. The van der Waals surface area contributed by atoms with E-state index in [-0.39, 0.29) is 6.20 Å². The number of hydrogen-bond acceptors (Lipinski definition) is 0. The first kappa shape index (κ1) is 15.6. The number of aryl methyl sites for hydroxylation is 1. The van der Waals surface area contributed by atoms with Gasteiger partial charge < -0.3 is 0 Å². The van der Waals surface area contributed by atoms with Crippen molar-refractivity contribution in [3.63, 3.8) is 0 Å². The van der Waals surface area contributed by atoms with Crippen molar-refractivity contribution in [3.05, 3.63) is 18.5 Å². The lowest BCUT2D eigenvalue weighted by Gasteiger charge is -2.26. The van der Waals surface area contributed by atoms with Crippen molar-refractivity contribution >= 4 is 0 Å². The average Bonchev–Trinajstić information content (AvgIpc) is 2.57. The Morgan fingerprint density at radius 2 is 1.58 bits per heavy atom. The second-order valence-electron chi connectivity index (χ2n) is 3.62. The van der Waals surface area contributed by atoms with E-state index in [0.717, 1.165) is 7.05 Å². The molecule has 0 bridgehead atoms. The standard InChI is InChI=1S/C8H6F9N2/c1-18-2-3-19(5(18)10)7(13,14)4(9)6(11,12)8(15,16)17/h2-4H,1H3/q+1. The topological polar surface area (TPSA) is 8.81 Å². The Kier molecular flexibility index (Phi) is 3.54. The highest BCUT2D eigenvalue weighted by Gasteiger charge is 2.73. The van der Waals surface area contributed by atoms with Crippen LogP contribution in [0.25, 0.3) is 0 Å². The molecule has 0 aromatic carbocycles. The van der Waals surface area contributed by atoms with Crippen LogP contribution in [-0.2, 0) is 13.1 Å². The van der Waals surface area contributed by atoms with Gasteiger partial charge in [-0.25, -0.2) is 8.96 Å². The van der Waals surface area contributed by atoms with Gasteiger partial charge in [0, 0.05) is 0 Å². The van der Waals surface area contributed by atoms with Crippen molar-refractivity contribution in [2.45, 2.75) is 24.3 Å². The van der Waals surface area contributed by atoms with Gasteiger partial charge >= 0.3 is 24.2 Å². The zero-order chi connectivity index (χ0) is 15.2. The maximum absolute atomic E-state index is 13.2. The van der Waals surface area contributed by atoms with E-state index in [1.54, 1.807) is 0 Å². The lowest BCUT2D eigenvalue weighted by atomic mass is 10.1. The molecule has 1 unspecified atom stereocenters. The highest BCUT2D eigenvalue weighted by Crippen LogP contribution is 2.46. The van der Waals surface area contributed by atoms with Gasteiger partial charge in [0.2, 0.25) is 0 Å². The van der Waals surface area contributed by atoms with Gasteiger partial charge in [0.05, 0.1) is 7.05 Å². The van der Waals surface area contributed by atoms with Crippen molar-refractivity contribution in [1.82, 2.24) is 4.57 Å². The van der Waals surface area contributed by atoms with Crippen LogP contribution in [0.1, 0.15) is 0 Å². The SMILES string of the molecule is C[n+]1ccn(C(F)(F)C(F)C(F)(F)C(F)(F)F)c1F. The summed E-state index contributed by atoms with van der Waals surface area (Å²) in [4.78, 5) is 0. The summed E-state index contributed by atoms with van der Waals surface area (Å²) in [6.07, 6.45) is -12.6. The third kappa shape index (κ3) is 2.37. The van der Waals surface area contributed by atoms with Gasteiger partial charge in [-0.05, 0) is 0 Å². The second-order valence-corrected chi connectivity index (χ2v) is 3.62. The second kappa shape index (κ2) is 4.30. The molecule has 0 aliphatic heterocycles. The molecule has 11 heteroatoms. The molecule has 110 valence electrons. The molecule has 1 rings (SSSR count). The first-order valence-electron chi connectivity index (χ1n) is 4.53. The molecule has 0 saturated carbocycles. The highest BCUT2D eigenvalue weighted by molar-refractivity contribution is 4.93. The van der Waals surface area contributed by atoms with Gasteiger partial charge in [-0.1, -0.05) is 0 Å². The quantitative estimate of drug-likeness (QED) is 0.599. The molecule has 0 aliphatic carbocycles. The van der Waals surface area contributed by atoms with Crippen LogP contribution in [0.4, 0.5) is 39.5 Å². The molecule has 0 fully saturated rings. The Balaban J connectivity index is 3.24. The van der Waals surface area contributed by atoms with Crippen molar-refractivity contribution < 1.29 is 44.1 Å². The van der Waals surface area contributed by atoms with E-state index in [2.05, 4.69) is 0 Å². The predicted molar refractivity (Wildman–Crippen MR) is 41.7 cm³/mol. The normalized spacial score (nSPS) is 15.7. The molecule has 0 N–H and O–H groups in total. The minimum absolute atomic E-state index is 0.147. The minimum atomic E-state index is -6.53. The van der Waals surface area contributed by atoms with E-state index in [4.69, 9.17) is 0 Å². The summed E-state index contributed by atoms with van der Waals surface area (Å²) in [5.74, 6) is -6.33. The zero-order valence-corrected chi connectivity index (χ0v) is 9.03. The van der Waals surface area contributed by atoms with Gasteiger partial charge in [-0.2, -0.15) is 30.7 Å². The number of imidazole rings is 1. The minimum Gasteiger partial charge on any atom is -0.228 e. The monoisotopic (exact) mass is 301 g/mol. The molecular formula is C8H6F9N2+. The van der Waals surface area contributed by atoms with Gasteiger partial charge in [-0.3, -0.25) is 0 Å². The number of rotatable bonds is 3. The van der Waals surface area contributed by atoms with Crippen LogP contribution in [0.15, 0.2) is 12.4 Å². The number of aromatic nitrogens is 2. The molecular weight excluding hydrogens is 295 g/mol. The van der Waals surface area contributed by atoms with E-state index < -0.39 is 35.0 Å². The summed E-state index contributed by atoms with van der Waals surface area (Å²) >= 11 is 0. The van der Waals surface area contributed by atoms with E-state index in [9.17, 15) is 39.5 Å². The van der Waals surface area contributed by atoms with E-state index in [0.29, 0.717) is 10.8 Å². The summed E-state index contributed by atoms with van der Waals surface area (Å²) in [5, 5.41) is 0. The molecule has 1 heterocycles. The number of halogens is 9. The van der Waals surface area contributed by atoms with Crippen molar-refractivity contribution in [1.29, 1.82) is 0 Å². The summed E-state index contributed by atoms with van der Waals surface area (Å²) in [7, 11) is 0.872. The van der Waals surface area contributed by atoms with Gasteiger partial charge in [0.25, 0.3) is 6.17 Å². The van der Waals surface area contributed by atoms with Crippen LogP contribution in [0.2, 0.25) is 0 Å². The fourth-order valence-corrected chi connectivity index (χ4v) is 1.17. The van der Waals surface area contributed by atoms with Crippen molar-refractivity contribution in [2.24, 2.45) is 7.05 Å². The fraction of sp³-hybridized carbons (Fsp3) is 0.625. The van der Waals surface area contributed by atoms with Crippen LogP contribution >= 0.6 is 0 Å². The molecule has 0 aliphatic rings. The molecule has 0 saturated heterocycles. The Morgan fingerprint density at radius 1 is 1.11 bits per heavy atom. The molecule has 0 radical (unpaired) electrons. The third-order valence-corrected chi connectivity index (χ3v) is 2.25. The molecule has 1 atom stereocenters. The van der Waals surface area contributed by atoms with Gasteiger partial charge in [0.1, 0.15) is 12.4 Å². The van der Waals surface area contributed by atoms with E-state index in [1.807, 2.05) is 0 Å². The molecule has 2 nitrogen and oxygen atoms in total. The van der Waals surface area contributed by atoms with Crippen molar-refractivity contribution in [2.75, 3.05) is 0 Å². The summed E-state index contributed by atoms with van der Waals surface area (Å²) in [5.41, 5.74) is 0. The van der Waals surface area contributed by atoms with Gasteiger partial charge in [-0.15, -0.1) is 8.96 Å². The number of nitrogens with zero attached hydrogens (tertiary/aromatic N) is 2. The Labute approximate surface area is 99.6 Å². The lowest BCUT2D eigenvalue weighted by Crippen LogP contribution is -2.54. The molecule has 0 spiro atoms. The predicted octanol–water partition coefficient (Wildman–Crippen LogP) is 2.54. The number of hydrogen-bond donors (Lipinski definition) is 0. The molecule has 19 heavy (non-hydrogen) atoms. The first-order valence-corrected chi connectivity index (χ1v) is 4.53. The van der Waals surface area contributed by atoms with Crippen LogP contribution in [0.3, 0.4) is 0 Å². The maximum atomic E-state index is 13.2. The van der Waals surface area contributed by atoms with Gasteiger partial charge in [0.15, 0.2) is 0 Å².